The third-order valence-electron chi connectivity index (χ3n) is 7.35. The Kier molecular flexibility index (Phi) is 3.39. The van der Waals surface area contributed by atoms with Crippen molar-refractivity contribution in [2.45, 2.75) is 44.4 Å². The molecule has 5 rings (SSSR count). The lowest BCUT2D eigenvalue weighted by molar-refractivity contribution is 0.151. The maximum absolute atomic E-state index is 4.59. The van der Waals surface area contributed by atoms with Gasteiger partial charge in [-0.25, -0.2) is 0 Å². The minimum absolute atomic E-state index is 0.643. The van der Waals surface area contributed by atoms with Crippen molar-refractivity contribution >= 4 is 5.96 Å². The van der Waals surface area contributed by atoms with Gasteiger partial charge >= 0.3 is 0 Å². The Morgan fingerprint density at radius 2 is 2.17 bits per heavy atom. The van der Waals surface area contributed by atoms with Crippen LogP contribution >= 0.6 is 0 Å². The van der Waals surface area contributed by atoms with Gasteiger partial charge in [0.15, 0.2) is 5.96 Å². The molecule has 3 fully saturated rings. The van der Waals surface area contributed by atoms with E-state index in [1.165, 1.54) is 51.6 Å². The van der Waals surface area contributed by atoms with E-state index in [-0.39, 0.29) is 0 Å². The number of hydrogen-bond acceptors (Lipinski definition) is 1. The molecule has 3 aliphatic carbocycles. The zero-order valence-electron chi connectivity index (χ0n) is 14.8. The number of aliphatic imine (C=N–C) groups is 1. The average Bonchev–Trinajstić information content (AvgIpc) is 3.10. The van der Waals surface area contributed by atoms with Gasteiger partial charge in [0.1, 0.15) is 0 Å². The Morgan fingerprint density at radius 3 is 2.92 bits per heavy atom. The average molecular weight is 323 g/mol. The summed E-state index contributed by atoms with van der Waals surface area (Å²) in [6, 6.07) is 9.10. The highest BCUT2D eigenvalue weighted by molar-refractivity contribution is 5.80. The lowest BCUT2D eigenvalue weighted by Gasteiger charge is -2.38. The number of guanidine groups is 1. The molecule has 0 bridgehead atoms. The standard InChI is InChI=1S/C21H29N3/c1-22-20(24-12-11-21(14-24)9-4-10-21)23-13-18-17-8-7-15-5-2-3-6-16(15)19(17)18/h2-3,5-6,17-19H,4,7-14H2,1H3,(H,22,23). The molecule has 4 aliphatic rings. The van der Waals surface area contributed by atoms with E-state index >= 15 is 0 Å². The summed E-state index contributed by atoms with van der Waals surface area (Å²) in [4.78, 5) is 7.10. The summed E-state index contributed by atoms with van der Waals surface area (Å²) in [7, 11) is 1.95. The van der Waals surface area contributed by atoms with Crippen LogP contribution in [0.25, 0.3) is 0 Å². The summed E-state index contributed by atoms with van der Waals surface area (Å²) < 4.78 is 0. The second-order valence-electron chi connectivity index (χ2n) is 8.54. The van der Waals surface area contributed by atoms with Crippen molar-refractivity contribution in [2.75, 3.05) is 26.7 Å². The highest BCUT2D eigenvalue weighted by atomic mass is 15.3. The molecule has 3 unspecified atom stereocenters. The van der Waals surface area contributed by atoms with Crippen LogP contribution in [0.1, 0.15) is 49.1 Å². The normalized spacial score (nSPS) is 33.0. The van der Waals surface area contributed by atoms with Crippen LogP contribution in [0.3, 0.4) is 0 Å². The van der Waals surface area contributed by atoms with Crippen LogP contribution in [0, 0.1) is 17.3 Å². The zero-order valence-corrected chi connectivity index (χ0v) is 14.8. The van der Waals surface area contributed by atoms with E-state index in [2.05, 4.69) is 39.5 Å². The van der Waals surface area contributed by atoms with E-state index in [1.807, 2.05) is 7.05 Å². The van der Waals surface area contributed by atoms with E-state index in [1.54, 1.807) is 11.1 Å². The predicted octanol–water partition coefficient (Wildman–Crippen LogP) is 3.41. The molecule has 3 nitrogen and oxygen atoms in total. The Morgan fingerprint density at radius 1 is 1.29 bits per heavy atom. The number of nitrogens with zero attached hydrogens (tertiary/aromatic N) is 2. The van der Waals surface area contributed by atoms with Gasteiger partial charge in [0, 0.05) is 26.7 Å². The van der Waals surface area contributed by atoms with Crippen molar-refractivity contribution in [1.82, 2.24) is 10.2 Å². The number of benzene rings is 1. The van der Waals surface area contributed by atoms with Crippen molar-refractivity contribution < 1.29 is 0 Å². The van der Waals surface area contributed by atoms with Gasteiger partial charge < -0.3 is 10.2 Å². The first kappa shape index (κ1) is 14.8. The van der Waals surface area contributed by atoms with Crippen LogP contribution < -0.4 is 5.32 Å². The van der Waals surface area contributed by atoms with Gasteiger partial charge in [0.25, 0.3) is 0 Å². The van der Waals surface area contributed by atoms with Crippen LogP contribution in [0.5, 0.6) is 0 Å². The van der Waals surface area contributed by atoms with Gasteiger partial charge in [-0.15, -0.1) is 0 Å². The molecule has 1 N–H and O–H groups in total. The molecule has 1 aliphatic heterocycles. The van der Waals surface area contributed by atoms with Gasteiger partial charge in [0.05, 0.1) is 0 Å². The smallest absolute Gasteiger partial charge is 0.193 e. The van der Waals surface area contributed by atoms with Crippen molar-refractivity contribution in [1.29, 1.82) is 0 Å². The van der Waals surface area contributed by atoms with E-state index in [0.29, 0.717) is 5.41 Å². The molecule has 0 radical (unpaired) electrons. The Labute approximate surface area is 145 Å². The lowest BCUT2D eigenvalue weighted by atomic mass is 9.68. The molecule has 24 heavy (non-hydrogen) atoms. The van der Waals surface area contributed by atoms with Crippen LogP contribution in [0.15, 0.2) is 29.3 Å². The number of fused-ring (bicyclic) bond motifs is 3. The molecule has 3 heteroatoms. The second kappa shape index (κ2) is 5.50. The van der Waals surface area contributed by atoms with E-state index in [0.717, 1.165) is 30.3 Å². The Hall–Kier alpha value is -1.51. The minimum atomic E-state index is 0.643. The van der Waals surface area contributed by atoms with Gasteiger partial charge in [-0.3, -0.25) is 4.99 Å². The first-order valence-corrected chi connectivity index (χ1v) is 9.83. The third kappa shape index (κ3) is 2.28. The maximum Gasteiger partial charge on any atom is 0.193 e. The molecule has 1 heterocycles. The number of likely N-dealkylation sites (tertiary alicyclic amines) is 1. The van der Waals surface area contributed by atoms with Gasteiger partial charge in [-0.1, -0.05) is 30.7 Å². The fourth-order valence-corrected chi connectivity index (χ4v) is 5.73. The summed E-state index contributed by atoms with van der Waals surface area (Å²) in [5.41, 5.74) is 3.87. The molecule has 2 saturated carbocycles. The SMILES string of the molecule is CN=C(NCC1C2CCc3ccccc3C21)N1CCC2(CCC2)C1. The summed E-state index contributed by atoms with van der Waals surface area (Å²) in [5, 5.41) is 3.72. The molecular formula is C21H29N3. The monoisotopic (exact) mass is 323 g/mol. The summed E-state index contributed by atoms with van der Waals surface area (Å²) in [5.74, 6) is 3.67. The maximum atomic E-state index is 4.59. The molecule has 128 valence electrons. The van der Waals surface area contributed by atoms with Crippen molar-refractivity contribution in [2.24, 2.45) is 22.2 Å². The molecule has 0 amide bonds. The summed E-state index contributed by atoms with van der Waals surface area (Å²) >= 11 is 0. The molecule has 3 atom stereocenters. The highest BCUT2D eigenvalue weighted by Crippen LogP contribution is 2.59. The van der Waals surface area contributed by atoms with Gasteiger partial charge in [0.2, 0.25) is 0 Å². The first-order valence-electron chi connectivity index (χ1n) is 9.83. The largest absolute Gasteiger partial charge is 0.356 e. The van der Waals surface area contributed by atoms with Crippen LogP contribution in [-0.4, -0.2) is 37.5 Å². The summed E-state index contributed by atoms with van der Waals surface area (Å²) in [6.45, 7) is 3.52. The fourth-order valence-electron chi connectivity index (χ4n) is 5.73. The molecule has 0 aromatic heterocycles. The predicted molar refractivity (Wildman–Crippen MR) is 98.3 cm³/mol. The Balaban J connectivity index is 1.21. The third-order valence-corrected chi connectivity index (χ3v) is 7.35. The van der Waals surface area contributed by atoms with Gasteiger partial charge in [-0.2, -0.15) is 0 Å². The minimum Gasteiger partial charge on any atom is -0.356 e. The molecule has 1 saturated heterocycles. The van der Waals surface area contributed by atoms with Crippen LogP contribution in [0.4, 0.5) is 0 Å². The summed E-state index contributed by atoms with van der Waals surface area (Å²) in [6.07, 6.45) is 8.32. The molecule has 1 aromatic carbocycles. The Bertz CT molecular complexity index is 661. The number of hydrogen-bond donors (Lipinski definition) is 1. The first-order chi connectivity index (χ1) is 11.8. The molecular weight excluding hydrogens is 294 g/mol. The number of nitrogens with one attached hydrogen (secondary N) is 1. The van der Waals surface area contributed by atoms with E-state index < -0.39 is 0 Å². The van der Waals surface area contributed by atoms with Crippen molar-refractivity contribution in [3.63, 3.8) is 0 Å². The molecule has 1 aromatic rings. The fraction of sp³-hybridized carbons (Fsp3) is 0.667. The molecule has 1 spiro atoms. The zero-order chi connectivity index (χ0) is 16.1. The quantitative estimate of drug-likeness (QED) is 0.667. The van der Waals surface area contributed by atoms with Crippen molar-refractivity contribution in [3.8, 4) is 0 Å². The lowest BCUT2D eigenvalue weighted by Crippen LogP contribution is -2.43. The topological polar surface area (TPSA) is 27.6 Å². The second-order valence-corrected chi connectivity index (χ2v) is 8.54. The van der Waals surface area contributed by atoms with Crippen molar-refractivity contribution in [3.05, 3.63) is 35.4 Å². The van der Waals surface area contributed by atoms with Gasteiger partial charge in [-0.05, 0) is 66.4 Å². The van der Waals surface area contributed by atoms with E-state index in [4.69, 9.17) is 0 Å². The highest BCUT2D eigenvalue weighted by Gasteiger charge is 2.52. The number of aryl methyl sites for hydroxylation is 1. The van der Waals surface area contributed by atoms with Crippen LogP contribution in [-0.2, 0) is 6.42 Å². The van der Waals surface area contributed by atoms with Crippen LogP contribution in [0.2, 0.25) is 0 Å². The number of rotatable bonds is 2. The van der Waals surface area contributed by atoms with E-state index in [9.17, 15) is 0 Å².